The lowest BCUT2D eigenvalue weighted by Gasteiger charge is -2.56. The Kier molecular flexibility index (Phi) is 4.50. The number of carbonyl (C=O) groups is 1. The van der Waals surface area contributed by atoms with E-state index in [2.05, 4.69) is 10.4 Å². The lowest BCUT2D eigenvalue weighted by atomic mass is 9.53. The van der Waals surface area contributed by atoms with Gasteiger partial charge in [0.1, 0.15) is 5.67 Å². The van der Waals surface area contributed by atoms with E-state index < -0.39 is 29.0 Å². The van der Waals surface area contributed by atoms with Gasteiger partial charge in [-0.15, -0.1) is 0 Å². The largest absolute Gasteiger partial charge is 0.433 e. The van der Waals surface area contributed by atoms with Crippen molar-refractivity contribution in [2.45, 2.75) is 76.3 Å². The average molecular weight is 387 g/mol. The Morgan fingerprint density at radius 1 is 1.30 bits per heavy atom. The number of unbranched alkanes of at least 4 members (excludes halogenated alkanes) is 1. The van der Waals surface area contributed by atoms with Crippen molar-refractivity contribution in [1.82, 2.24) is 15.1 Å². The highest BCUT2D eigenvalue weighted by Gasteiger charge is 2.56. The zero-order valence-electron chi connectivity index (χ0n) is 15.4. The number of nitrogens with zero attached hydrogens (tertiary/aromatic N) is 2. The summed E-state index contributed by atoms with van der Waals surface area (Å²) in [7, 11) is 0. The number of hydrogen-bond donors (Lipinski definition) is 1. The van der Waals surface area contributed by atoms with Crippen LogP contribution in [0.1, 0.15) is 67.9 Å². The first kappa shape index (κ1) is 18.7. The number of rotatable bonds is 5. The molecule has 5 rings (SSSR count). The fourth-order valence-electron chi connectivity index (χ4n) is 5.72. The molecule has 2 atom stereocenters. The molecule has 27 heavy (non-hydrogen) atoms. The van der Waals surface area contributed by atoms with Crippen molar-refractivity contribution < 1.29 is 22.4 Å². The van der Waals surface area contributed by atoms with Crippen LogP contribution in [0.4, 0.5) is 17.6 Å². The van der Waals surface area contributed by atoms with E-state index in [0.717, 1.165) is 30.1 Å². The Hall–Kier alpha value is -1.60. The summed E-state index contributed by atoms with van der Waals surface area (Å²) in [5, 5.41) is 6.63. The lowest BCUT2D eigenvalue weighted by Crippen LogP contribution is -2.60. The second kappa shape index (κ2) is 6.48. The number of alkyl halides is 4. The molecule has 4 saturated carbocycles. The Balaban J connectivity index is 1.55. The monoisotopic (exact) mass is 387 g/mol. The molecular weight excluding hydrogens is 362 g/mol. The minimum atomic E-state index is -4.65. The van der Waals surface area contributed by atoms with Crippen LogP contribution in [0, 0.1) is 17.8 Å². The molecule has 0 radical (unpaired) electrons. The van der Waals surface area contributed by atoms with Crippen molar-refractivity contribution in [2.75, 3.05) is 0 Å². The maximum Gasteiger partial charge on any atom is 0.433 e. The van der Waals surface area contributed by atoms with Gasteiger partial charge in [-0.25, -0.2) is 4.39 Å². The normalized spacial score (nSPS) is 34.9. The van der Waals surface area contributed by atoms with Gasteiger partial charge in [0.15, 0.2) is 5.69 Å². The summed E-state index contributed by atoms with van der Waals surface area (Å²) in [5.41, 5.74) is -2.55. The molecule has 1 aromatic rings. The summed E-state index contributed by atoms with van der Waals surface area (Å²) < 4.78 is 56.3. The van der Waals surface area contributed by atoms with E-state index in [-0.39, 0.29) is 24.4 Å². The summed E-state index contributed by atoms with van der Waals surface area (Å²) in [6.07, 6.45) is 0.784. The van der Waals surface area contributed by atoms with Crippen LogP contribution in [0.2, 0.25) is 0 Å². The number of hydrogen-bond acceptors (Lipinski definition) is 2. The molecule has 4 nitrogen and oxygen atoms in total. The number of amides is 1. The quantitative estimate of drug-likeness (QED) is 0.764. The van der Waals surface area contributed by atoms with Gasteiger partial charge in [0.25, 0.3) is 5.91 Å². The van der Waals surface area contributed by atoms with Crippen LogP contribution in [-0.4, -0.2) is 27.4 Å². The van der Waals surface area contributed by atoms with Crippen LogP contribution in [0.25, 0.3) is 0 Å². The molecule has 150 valence electrons. The minimum Gasteiger partial charge on any atom is -0.349 e. The Labute approximate surface area is 155 Å². The highest BCUT2D eigenvalue weighted by Crippen LogP contribution is 2.57. The topological polar surface area (TPSA) is 46.9 Å². The van der Waals surface area contributed by atoms with Crippen LogP contribution in [0.15, 0.2) is 6.20 Å². The third-order valence-corrected chi connectivity index (χ3v) is 6.57. The van der Waals surface area contributed by atoms with Gasteiger partial charge in [-0.05, 0) is 56.3 Å². The third-order valence-electron chi connectivity index (χ3n) is 6.57. The highest BCUT2D eigenvalue weighted by atomic mass is 19.4. The summed E-state index contributed by atoms with van der Waals surface area (Å²) in [4.78, 5) is 12.7. The Morgan fingerprint density at radius 3 is 2.52 bits per heavy atom. The number of halogens is 4. The van der Waals surface area contributed by atoms with Crippen LogP contribution >= 0.6 is 0 Å². The second-order valence-electron chi connectivity index (χ2n) is 8.60. The van der Waals surface area contributed by atoms with Crippen molar-refractivity contribution in [1.29, 1.82) is 0 Å². The zero-order chi connectivity index (χ0) is 19.4. The van der Waals surface area contributed by atoms with Gasteiger partial charge in [0.05, 0.1) is 11.8 Å². The van der Waals surface area contributed by atoms with E-state index in [1.165, 1.54) is 0 Å². The number of carbonyl (C=O) groups excluding carboxylic acids is 1. The van der Waals surface area contributed by atoms with Gasteiger partial charge in [0.2, 0.25) is 0 Å². The molecule has 4 bridgehead atoms. The fraction of sp³-hybridized carbons (Fsp3) is 0.789. The second-order valence-corrected chi connectivity index (χ2v) is 8.60. The van der Waals surface area contributed by atoms with E-state index in [1.54, 1.807) is 0 Å². The van der Waals surface area contributed by atoms with Crippen molar-refractivity contribution in [3.63, 3.8) is 0 Å². The molecule has 1 aromatic heterocycles. The smallest absolute Gasteiger partial charge is 0.349 e. The lowest BCUT2D eigenvalue weighted by molar-refractivity contribution is -0.144. The number of nitrogens with one attached hydrogen (secondary N) is 1. The molecule has 4 aliphatic carbocycles. The minimum absolute atomic E-state index is 0.0228. The SMILES string of the molecule is CCCCn1ncc(C(=O)NC2C3CC4CC2CC(F)(C4)C3)c1C(F)(F)F. The van der Waals surface area contributed by atoms with Crippen molar-refractivity contribution in [3.05, 3.63) is 17.5 Å². The van der Waals surface area contributed by atoms with E-state index >= 15 is 0 Å². The van der Waals surface area contributed by atoms with Gasteiger partial charge < -0.3 is 5.32 Å². The van der Waals surface area contributed by atoms with E-state index in [0.29, 0.717) is 31.6 Å². The summed E-state index contributed by atoms with van der Waals surface area (Å²) in [6.45, 7) is 2.01. The van der Waals surface area contributed by atoms with Gasteiger partial charge in [-0.1, -0.05) is 13.3 Å². The predicted octanol–water partition coefficient (Wildman–Crippen LogP) is 4.35. The first-order chi connectivity index (χ1) is 12.7. The average Bonchev–Trinajstić information content (AvgIpc) is 2.99. The zero-order valence-corrected chi connectivity index (χ0v) is 15.4. The standard InChI is InChI=1S/C19H25F4N3O/c1-2-3-4-26-16(19(21,22)23)14(10-24-26)17(27)25-15-12-5-11-6-13(15)9-18(20,7-11)8-12/h10-13,15H,2-9H2,1H3,(H,25,27). The molecule has 1 amide bonds. The first-order valence-corrected chi connectivity index (χ1v) is 9.83. The van der Waals surface area contributed by atoms with Crippen molar-refractivity contribution >= 4 is 5.91 Å². The molecule has 4 aliphatic rings. The summed E-state index contributed by atoms with van der Waals surface area (Å²) >= 11 is 0. The fourth-order valence-corrected chi connectivity index (χ4v) is 5.72. The first-order valence-electron chi connectivity index (χ1n) is 9.83. The van der Waals surface area contributed by atoms with Crippen LogP contribution in [0.5, 0.6) is 0 Å². The summed E-state index contributed by atoms with van der Waals surface area (Å²) in [6, 6.07) is -0.238. The van der Waals surface area contributed by atoms with Gasteiger partial charge in [-0.2, -0.15) is 18.3 Å². The molecule has 0 saturated heterocycles. The number of aryl methyl sites for hydroxylation is 1. The van der Waals surface area contributed by atoms with Crippen LogP contribution < -0.4 is 5.32 Å². The summed E-state index contributed by atoms with van der Waals surface area (Å²) in [5.74, 6) is -0.344. The number of aromatic nitrogens is 2. The third kappa shape index (κ3) is 3.36. The van der Waals surface area contributed by atoms with Gasteiger partial charge >= 0.3 is 6.18 Å². The molecule has 1 heterocycles. The van der Waals surface area contributed by atoms with Gasteiger partial charge in [-0.3, -0.25) is 9.48 Å². The molecule has 0 spiro atoms. The molecule has 1 N–H and O–H groups in total. The molecule has 0 aromatic carbocycles. The van der Waals surface area contributed by atoms with Crippen LogP contribution in [-0.2, 0) is 12.7 Å². The Morgan fingerprint density at radius 2 is 1.96 bits per heavy atom. The molecule has 2 unspecified atom stereocenters. The Bertz CT molecular complexity index is 713. The molecule has 0 aliphatic heterocycles. The molecule has 8 heteroatoms. The van der Waals surface area contributed by atoms with Gasteiger partial charge in [0, 0.05) is 12.6 Å². The maximum absolute atomic E-state index is 14.8. The predicted molar refractivity (Wildman–Crippen MR) is 90.8 cm³/mol. The van der Waals surface area contributed by atoms with Crippen molar-refractivity contribution in [3.8, 4) is 0 Å². The molecular formula is C19H25F4N3O. The highest BCUT2D eigenvalue weighted by molar-refractivity contribution is 5.95. The molecule has 4 fully saturated rings. The van der Waals surface area contributed by atoms with E-state index in [4.69, 9.17) is 0 Å². The van der Waals surface area contributed by atoms with E-state index in [9.17, 15) is 22.4 Å². The van der Waals surface area contributed by atoms with E-state index in [1.807, 2.05) is 6.92 Å². The van der Waals surface area contributed by atoms with Crippen LogP contribution in [0.3, 0.4) is 0 Å². The van der Waals surface area contributed by atoms with Crippen molar-refractivity contribution in [2.24, 2.45) is 17.8 Å². The maximum atomic E-state index is 14.8.